The predicted octanol–water partition coefficient (Wildman–Crippen LogP) is 3.29. The third kappa shape index (κ3) is 4.43. The molecule has 1 aliphatic rings. The first-order valence-corrected chi connectivity index (χ1v) is 9.48. The minimum Gasteiger partial charge on any atom is -0.369 e. The Morgan fingerprint density at radius 1 is 1.07 bits per heavy atom. The Kier molecular flexibility index (Phi) is 5.32. The van der Waals surface area contributed by atoms with Crippen molar-refractivity contribution in [1.29, 1.82) is 0 Å². The largest absolute Gasteiger partial charge is 0.369 e. The zero-order chi connectivity index (χ0) is 18.6. The number of ether oxygens (including phenoxy) is 1. The zero-order valence-corrected chi connectivity index (χ0v) is 16.0. The highest BCUT2D eigenvalue weighted by Gasteiger charge is 2.23. The van der Waals surface area contributed by atoms with Gasteiger partial charge in [-0.2, -0.15) is 5.10 Å². The Balaban J connectivity index is 1.39. The van der Waals surface area contributed by atoms with E-state index in [4.69, 9.17) is 9.72 Å². The maximum absolute atomic E-state index is 5.99. The summed E-state index contributed by atoms with van der Waals surface area (Å²) in [5.74, 6) is 0. The van der Waals surface area contributed by atoms with Crippen LogP contribution in [0.2, 0.25) is 0 Å². The predicted molar refractivity (Wildman–Crippen MR) is 105 cm³/mol. The van der Waals surface area contributed by atoms with Crippen molar-refractivity contribution in [3.8, 4) is 0 Å². The summed E-state index contributed by atoms with van der Waals surface area (Å²) in [5.41, 5.74) is 6.06. The van der Waals surface area contributed by atoms with Crippen molar-refractivity contribution in [2.45, 2.75) is 26.0 Å². The van der Waals surface area contributed by atoms with Crippen molar-refractivity contribution < 1.29 is 4.74 Å². The smallest absolute Gasteiger partial charge is 0.112 e. The van der Waals surface area contributed by atoms with Gasteiger partial charge in [0.25, 0.3) is 0 Å². The second kappa shape index (κ2) is 8.03. The molecule has 0 N–H and O–H groups in total. The molecule has 5 nitrogen and oxygen atoms in total. The fourth-order valence-corrected chi connectivity index (χ4v) is 3.48. The first-order chi connectivity index (χ1) is 13.2. The molecule has 3 heterocycles. The van der Waals surface area contributed by atoms with Gasteiger partial charge in [0.2, 0.25) is 0 Å². The zero-order valence-electron chi connectivity index (χ0n) is 16.0. The molecule has 0 aliphatic carbocycles. The van der Waals surface area contributed by atoms with Crippen molar-refractivity contribution in [3.63, 3.8) is 0 Å². The normalized spacial score (nSPS) is 17.9. The summed E-state index contributed by atoms with van der Waals surface area (Å²) in [5, 5.41) is 4.25. The number of hydrogen-bond donors (Lipinski definition) is 0. The number of nitrogens with zero attached hydrogens (tertiary/aromatic N) is 4. The third-order valence-electron chi connectivity index (χ3n) is 5.16. The van der Waals surface area contributed by atoms with E-state index < -0.39 is 0 Å². The lowest BCUT2D eigenvalue weighted by molar-refractivity contribution is -0.0356. The minimum absolute atomic E-state index is 0.0282. The summed E-state index contributed by atoms with van der Waals surface area (Å²) in [4.78, 5) is 7.11. The second-order valence-electron chi connectivity index (χ2n) is 7.29. The van der Waals surface area contributed by atoms with Crippen LogP contribution in [0.4, 0.5) is 0 Å². The number of pyridine rings is 1. The molecule has 0 radical (unpaired) electrons. The van der Waals surface area contributed by atoms with Crippen molar-refractivity contribution in [2.75, 3.05) is 19.7 Å². The van der Waals surface area contributed by atoms with Gasteiger partial charge in [-0.05, 0) is 36.6 Å². The summed E-state index contributed by atoms with van der Waals surface area (Å²) in [6.07, 6.45) is 4.77. The summed E-state index contributed by atoms with van der Waals surface area (Å²) in [7, 11) is 1.99. The average Bonchev–Trinajstić information content (AvgIpc) is 3.09. The Bertz CT molecular complexity index is 870. The average molecular weight is 362 g/mol. The first-order valence-electron chi connectivity index (χ1n) is 9.48. The molecule has 27 heavy (non-hydrogen) atoms. The van der Waals surface area contributed by atoms with Crippen molar-refractivity contribution in [2.24, 2.45) is 7.05 Å². The SMILES string of the molecule is Cc1ccc(Cc2ccc([C@@H]3CN(Cc4ccnn4C)CCO3)nc2)cc1. The molecule has 0 bridgehead atoms. The molecule has 4 rings (SSSR count). The number of aryl methyl sites for hydroxylation is 2. The van der Waals surface area contributed by atoms with Crippen LogP contribution in [0.15, 0.2) is 54.9 Å². The standard InChI is InChI=1S/C22H26N4O/c1-17-3-5-18(6-4-17)13-19-7-8-21(23-14-19)22-16-26(11-12-27-22)15-20-9-10-24-25(20)2/h3-10,14,22H,11-13,15-16H2,1-2H3/t22-/m0/s1. The molecule has 0 amide bonds. The highest BCUT2D eigenvalue weighted by molar-refractivity contribution is 5.28. The number of hydrogen-bond acceptors (Lipinski definition) is 4. The van der Waals surface area contributed by atoms with Crippen LogP contribution in [0, 0.1) is 6.92 Å². The quantitative estimate of drug-likeness (QED) is 0.699. The molecule has 1 aromatic carbocycles. The van der Waals surface area contributed by atoms with Gasteiger partial charge in [-0.1, -0.05) is 35.9 Å². The lowest BCUT2D eigenvalue weighted by atomic mass is 10.0. The van der Waals surface area contributed by atoms with E-state index in [2.05, 4.69) is 59.4 Å². The molecule has 0 saturated carbocycles. The van der Waals surface area contributed by atoms with Gasteiger partial charge in [0.05, 0.1) is 18.0 Å². The van der Waals surface area contributed by atoms with Gasteiger partial charge in [-0.25, -0.2) is 0 Å². The van der Waals surface area contributed by atoms with Crippen LogP contribution < -0.4 is 0 Å². The van der Waals surface area contributed by atoms with E-state index in [0.717, 1.165) is 38.4 Å². The molecular formula is C22H26N4O. The van der Waals surface area contributed by atoms with Crippen LogP contribution in [0.3, 0.4) is 0 Å². The van der Waals surface area contributed by atoms with Gasteiger partial charge in [-0.15, -0.1) is 0 Å². The van der Waals surface area contributed by atoms with E-state index in [9.17, 15) is 0 Å². The van der Waals surface area contributed by atoms with Crippen LogP contribution >= 0.6 is 0 Å². The van der Waals surface area contributed by atoms with E-state index >= 15 is 0 Å². The Labute approximate surface area is 160 Å². The molecule has 1 fully saturated rings. The highest BCUT2D eigenvalue weighted by Crippen LogP contribution is 2.22. The summed E-state index contributed by atoms with van der Waals surface area (Å²) in [6.45, 7) is 5.53. The van der Waals surface area contributed by atoms with E-state index in [1.54, 1.807) is 0 Å². The fourth-order valence-electron chi connectivity index (χ4n) is 3.48. The highest BCUT2D eigenvalue weighted by atomic mass is 16.5. The van der Waals surface area contributed by atoms with Gasteiger partial charge in [-0.3, -0.25) is 14.6 Å². The molecule has 2 aromatic heterocycles. The summed E-state index contributed by atoms with van der Waals surface area (Å²) in [6, 6.07) is 15.0. The lowest BCUT2D eigenvalue weighted by Crippen LogP contribution is -2.38. The van der Waals surface area contributed by atoms with Crippen LogP contribution in [-0.2, 0) is 24.8 Å². The van der Waals surface area contributed by atoms with Crippen molar-refractivity contribution in [3.05, 3.63) is 82.9 Å². The molecule has 5 heteroatoms. The summed E-state index contributed by atoms with van der Waals surface area (Å²) >= 11 is 0. The second-order valence-corrected chi connectivity index (χ2v) is 7.29. The minimum atomic E-state index is 0.0282. The number of aromatic nitrogens is 3. The first kappa shape index (κ1) is 17.9. The monoisotopic (exact) mass is 362 g/mol. The molecule has 140 valence electrons. The van der Waals surface area contributed by atoms with Crippen molar-refractivity contribution in [1.82, 2.24) is 19.7 Å². The van der Waals surface area contributed by atoms with Gasteiger partial charge in [0.15, 0.2) is 0 Å². The van der Waals surface area contributed by atoms with Gasteiger partial charge >= 0.3 is 0 Å². The van der Waals surface area contributed by atoms with Crippen molar-refractivity contribution >= 4 is 0 Å². The number of rotatable bonds is 5. The van der Waals surface area contributed by atoms with Gasteiger partial charge in [0.1, 0.15) is 6.10 Å². The van der Waals surface area contributed by atoms with Crippen LogP contribution in [-0.4, -0.2) is 39.4 Å². The summed E-state index contributed by atoms with van der Waals surface area (Å²) < 4.78 is 7.92. The third-order valence-corrected chi connectivity index (χ3v) is 5.16. The molecule has 0 unspecified atom stereocenters. The maximum Gasteiger partial charge on any atom is 0.112 e. The Morgan fingerprint density at radius 2 is 1.89 bits per heavy atom. The van der Waals surface area contributed by atoms with E-state index in [0.29, 0.717) is 0 Å². The lowest BCUT2D eigenvalue weighted by Gasteiger charge is -2.32. The molecule has 1 saturated heterocycles. The molecule has 1 atom stereocenters. The van der Waals surface area contributed by atoms with E-state index in [1.165, 1.54) is 22.4 Å². The maximum atomic E-state index is 5.99. The molecule has 0 spiro atoms. The number of morpholine rings is 1. The molecule has 1 aliphatic heterocycles. The number of benzene rings is 1. The fraction of sp³-hybridized carbons (Fsp3) is 0.364. The molecular weight excluding hydrogens is 336 g/mol. The van der Waals surface area contributed by atoms with Gasteiger partial charge in [0, 0.05) is 39.1 Å². The van der Waals surface area contributed by atoms with Gasteiger partial charge < -0.3 is 4.74 Å². The molecule has 3 aromatic rings. The van der Waals surface area contributed by atoms with Crippen LogP contribution in [0.1, 0.15) is 34.2 Å². The van der Waals surface area contributed by atoms with E-state index in [-0.39, 0.29) is 6.10 Å². The van der Waals surface area contributed by atoms with E-state index in [1.807, 2.05) is 24.1 Å². The Hall–Kier alpha value is -2.50. The topological polar surface area (TPSA) is 43.2 Å². The van der Waals surface area contributed by atoms with Crippen LogP contribution in [0.5, 0.6) is 0 Å². The van der Waals surface area contributed by atoms with Crippen LogP contribution in [0.25, 0.3) is 0 Å². The Morgan fingerprint density at radius 3 is 2.59 bits per heavy atom.